The van der Waals surface area contributed by atoms with Crippen molar-refractivity contribution in [3.05, 3.63) is 47.8 Å². The van der Waals surface area contributed by atoms with Crippen LogP contribution in [0.3, 0.4) is 0 Å². The van der Waals surface area contributed by atoms with Crippen LogP contribution in [0.2, 0.25) is 0 Å². The molecular formula is C13H14N2O2. The van der Waals surface area contributed by atoms with Gasteiger partial charge in [0, 0.05) is 30.8 Å². The molecule has 1 N–H and O–H groups in total. The third-order valence-corrected chi connectivity index (χ3v) is 3.08. The Hall–Kier alpha value is -1.81. The Morgan fingerprint density at radius 2 is 2.24 bits per heavy atom. The minimum absolute atomic E-state index is 0.117. The number of aliphatic hydroxyl groups is 1. The summed E-state index contributed by atoms with van der Waals surface area (Å²) in [5.74, 6) is 0.764. The summed E-state index contributed by atoms with van der Waals surface area (Å²) in [5.41, 5.74) is 1.87. The number of nitrogens with zero attached hydrogens (tertiary/aromatic N) is 2. The SMILES string of the molecule is Cn1cc(C2C[C@H](O)c3ccccc3O2)cn1. The number of hydrogen-bond acceptors (Lipinski definition) is 3. The Morgan fingerprint density at radius 3 is 3.00 bits per heavy atom. The minimum atomic E-state index is -0.467. The maximum atomic E-state index is 10.1. The van der Waals surface area contributed by atoms with Crippen molar-refractivity contribution >= 4 is 0 Å². The van der Waals surface area contributed by atoms with Crippen LogP contribution in [0.15, 0.2) is 36.7 Å². The fourth-order valence-corrected chi connectivity index (χ4v) is 2.20. The molecule has 0 saturated heterocycles. The predicted octanol–water partition coefficient (Wildman–Crippen LogP) is 1.98. The molecule has 0 aliphatic carbocycles. The summed E-state index contributed by atoms with van der Waals surface area (Å²) in [6, 6.07) is 7.62. The van der Waals surface area contributed by atoms with Gasteiger partial charge in [-0.1, -0.05) is 18.2 Å². The maximum absolute atomic E-state index is 10.1. The highest BCUT2D eigenvalue weighted by Gasteiger charge is 2.28. The molecule has 3 rings (SSSR count). The maximum Gasteiger partial charge on any atom is 0.130 e. The molecule has 1 unspecified atom stereocenters. The summed E-state index contributed by atoms with van der Waals surface area (Å²) >= 11 is 0. The Balaban J connectivity index is 1.93. The van der Waals surface area contributed by atoms with E-state index in [4.69, 9.17) is 4.74 Å². The van der Waals surface area contributed by atoms with Crippen molar-refractivity contribution in [3.63, 3.8) is 0 Å². The molecule has 0 amide bonds. The van der Waals surface area contributed by atoms with Crippen LogP contribution >= 0.6 is 0 Å². The molecule has 4 heteroatoms. The first-order valence-electron chi connectivity index (χ1n) is 5.66. The van der Waals surface area contributed by atoms with Crippen molar-refractivity contribution in [2.45, 2.75) is 18.6 Å². The molecule has 1 aliphatic heterocycles. The average Bonchev–Trinajstić information content (AvgIpc) is 2.76. The van der Waals surface area contributed by atoms with E-state index >= 15 is 0 Å². The van der Waals surface area contributed by atoms with Gasteiger partial charge >= 0.3 is 0 Å². The minimum Gasteiger partial charge on any atom is -0.485 e. The summed E-state index contributed by atoms with van der Waals surface area (Å²) in [6.07, 6.45) is 3.69. The first kappa shape index (κ1) is 10.4. The van der Waals surface area contributed by atoms with Crippen LogP contribution in [0.1, 0.15) is 29.8 Å². The van der Waals surface area contributed by atoms with E-state index in [2.05, 4.69) is 5.10 Å². The Bertz CT molecular complexity index is 536. The highest BCUT2D eigenvalue weighted by molar-refractivity contribution is 5.37. The standard InChI is InChI=1S/C13H14N2O2/c1-15-8-9(7-14-15)13-6-11(16)10-4-2-3-5-12(10)17-13/h2-5,7-8,11,13,16H,6H2,1H3/t11-,13?/m0/s1. The van der Waals surface area contributed by atoms with Gasteiger partial charge in [0.1, 0.15) is 11.9 Å². The van der Waals surface area contributed by atoms with Crippen molar-refractivity contribution in [1.29, 1.82) is 0 Å². The summed E-state index contributed by atoms with van der Waals surface area (Å²) in [4.78, 5) is 0. The molecule has 1 aromatic heterocycles. The predicted molar refractivity (Wildman–Crippen MR) is 62.6 cm³/mol. The molecule has 0 saturated carbocycles. The van der Waals surface area contributed by atoms with Gasteiger partial charge in [0.15, 0.2) is 0 Å². The van der Waals surface area contributed by atoms with Gasteiger partial charge in [0.05, 0.1) is 12.3 Å². The molecule has 0 spiro atoms. The van der Waals surface area contributed by atoms with Gasteiger partial charge in [-0.05, 0) is 6.07 Å². The second-order valence-corrected chi connectivity index (χ2v) is 4.34. The lowest BCUT2D eigenvalue weighted by Crippen LogP contribution is -2.18. The van der Waals surface area contributed by atoms with E-state index in [9.17, 15) is 5.11 Å². The van der Waals surface area contributed by atoms with E-state index < -0.39 is 6.10 Å². The molecule has 17 heavy (non-hydrogen) atoms. The Labute approximate surface area is 99.5 Å². The second-order valence-electron chi connectivity index (χ2n) is 4.34. The normalized spacial score (nSPS) is 22.9. The molecule has 0 bridgehead atoms. The number of aryl methyl sites for hydroxylation is 1. The molecule has 2 heterocycles. The zero-order valence-electron chi connectivity index (χ0n) is 9.58. The molecule has 88 valence electrons. The molecule has 4 nitrogen and oxygen atoms in total. The smallest absolute Gasteiger partial charge is 0.130 e. The molecule has 0 radical (unpaired) electrons. The van der Waals surface area contributed by atoms with Crippen LogP contribution in [-0.4, -0.2) is 14.9 Å². The molecule has 1 aromatic carbocycles. The van der Waals surface area contributed by atoms with E-state index in [1.54, 1.807) is 10.9 Å². The first-order chi connectivity index (χ1) is 8.24. The van der Waals surface area contributed by atoms with E-state index in [0.29, 0.717) is 6.42 Å². The van der Waals surface area contributed by atoms with Gasteiger partial charge in [-0.15, -0.1) is 0 Å². The Morgan fingerprint density at radius 1 is 1.41 bits per heavy atom. The third-order valence-electron chi connectivity index (χ3n) is 3.08. The van der Waals surface area contributed by atoms with Gasteiger partial charge in [-0.3, -0.25) is 4.68 Å². The summed E-state index contributed by atoms with van der Waals surface area (Å²) < 4.78 is 7.63. The lowest BCUT2D eigenvalue weighted by Gasteiger charge is -2.28. The van der Waals surface area contributed by atoms with Crippen LogP contribution in [0.4, 0.5) is 0 Å². The van der Waals surface area contributed by atoms with Crippen molar-refractivity contribution in [1.82, 2.24) is 9.78 Å². The number of aromatic nitrogens is 2. The van der Waals surface area contributed by atoms with Crippen LogP contribution in [0, 0.1) is 0 Å². The summed E-state index contributed by atoms with van der Waals surface area (Å²) in [6.45, 7) is 0. The highest BCUT2D eigenvalue weighted by Crippen LogP contribution is 2.40. The number of rotatable bonds is 1. The van der Waals surface area contributed by atoms with Crippen molar-refractivity contribution in [3.8, 4) is 5.75 Å². The highest BCUT2D eigenvalue weighted by atomic mass is 16.5. The zero-order valence-corrected chi connectivity index (χ0v) is 9.58. The van der Waals surface area contributed by atoms with Gasteiger partial charge in [0.2, 0.25) is 0 Å². The van der Waals surface area contributed by atoms with Crippen LogP contribution < -0.4 is 4.74 Å². The van der Waals surface area contributed by atoms with Gasteiger partial charge in [0.25, 0.3) is 0 Å². The van der Waals surface area contributed by atoms with Gasteiger partial charge in [-0.25, -0.2) is 0 Å². The lowest BCUT2D eigenvalue weighted by molar-refractivity contribution is 0.0657. The molecular weight excluding hydrogens is 216 g/mol. The fourth-order valence-electron chi connectivity index (χ4n) is 2.20. The van der Waals surface area contributed by atoms with Gasteiger partial charge < -0.3 is 9.84 Å². The quantitative estimate of drug-likeness (QED) is 0.814. The molecule has 2 aromatic rings. The van der Waals surface area contributed by atoms with Crippen LogP contribution in [0.5, 0.6) is 5.75 Å². The van der Waals surface area contributed by atoms with E-state index in [1.807, 2.05) is 37.5 Å². The Kier molecular flexibility index (Phi) is 2.37. The van der Waals surface area contributed by atoms with Crippen LogP contribution in [0.25, 0.3) is 0 Å². The monoisotopic (exact) mass is 230 g/mol. The lowest BCUT2D eigenvalue weighted by atomic mass is 9.96. The second kappa shape index (κ2) is 3.89. The summed E-state index contributed by atoms with van der Waals surface area (Å²) in [7, 11) is 1.87. The van der Waals surface area contributed by atoms with E-state index in [-0.39, 0.29) is 6.10 Å². The number of para-hydroxylation sites is 1. The largest absolute Gasteiger partial charge is 0.485 e. The molecule has 1 aliphatic rings. The number of aliphatic hydroxyl groups excluding tert-OH is 1. The first-order valence-corrected chi connectivity index (χ1v) is 5.66. The third kappa shape index (κ3) is 1.80. The van der Waals surface area contributed by atoms with Crippen molar-refractivity contribution in [2.75, 3.05) is 0 Å². The fraction of sp³-hybridized carbons (Fsp3) is 0.308. The number of hydrogen-bond donors (Lipinski definition) is 1. The average molecular weight is 230 g/mol. The zero-order chi connectivity index (χ0) is 11.8. The van der Waals surface area contributed by atoms with Gasteiger partial charge in [-0.2, -0.15) is 5.10 Å². The van der Waals surface area contributed by atoms with E-state index in [1.165, 1.54) is 0 Å². The topological polar surface area (TPSA) is 47.3 Å². The number of fused-ring (bicyclic) bond motifs is 1. The van der Waals surface area contributed by atoms with E-state index in [0.717, 1.165) is 16.9 Å². The summed E-state index contributed by atoms with van der Waals surface area (Å²) in [5, 5.41) is 14.2. The molecule has 0 fully saturated rings. The van der Waals surface area contributed by atoms with Crippen molar-refractivity contribution in [2.24, 2.45) is 7.05 Å². The van der Waals surface area contributed by atoms with Crippen LogP contribution in [-0.2, 0) is 7.05 Å². The number of ether oxygens (including phenoxy) is 1. The molecule has 2 atom stereocenters. The number of benzene rings is 1. The van der Waals surface area contributed by atoms with Crippen molar-refractivity contribution < 1.29 is 9.84 Å².